The number of nitrogens with zero attached hydrogens (tertiary/aromatic N) is 1. The van der Waals surface area contributed by atoms with E-state index in [0.29, 0.717) is 17.4 Å². The van der Waals surface area contributed by atoms with Crippen molar-refractivity contribution in [2.45, 2.75) is 13.5 Å². The van der Waals surface area contributed by atoms with Gasteiger partial charge in [-0.1, -0.05) is 59.1 Å². The Morgan fingerprint density at radius 2 is 1.73 bits per heavy atom. The molecule has 0 fully saturated rings. The van der Waals surface area contributed by atoms with Crippen molar-refractivity contribution in [1.29, 1.82) is 0 Å². The summed E-state index contributed by atoms with van der Waals surface area (Å²) in [6.45, 7) is 2.32. The van der Waals surface area contributed by atoms with Crippen LogP contribution in [0.25, 0.3) is 0 Å². The second kappa shape index (κ2) is 10.7. The summed E-state index contributed by atoms with van der Waals surface area (Å²) >= 11 is 11.9. The summed E-state index contributed by atoms with van der Waals surface area (Å²) in [5.74, 6) is 0.674. The molecule has 154 valence electrons. The summed E-state index contributed by atoms with van der Waals surface area (Å²) < 4.78 is 11.1. The Labute approximate surface area is 185 Å². The molecule has 0 spiro atoms. The molecule has 0 atom stereocenters. The molecule has 0 unspecified atom stereocenters. The minimum absolute atomic E-state index is 0.233. The van der Waals surface area contributed by atoms with E-state index in [2.05, 4.69) is 29.6 Å². The fourth-order valence-corrected chi connectivity index (χ4v) is 2.80. The van der Waals surface area contributed by atoms with E-state index in [-0.39, 0.29) is 11.6 Å². The molecule has 0 aliphatic rings. The number of carbonyl (C=O) groups excluding carboxylic acids is 1. The SMILES string of the molecule is Cc1ccc(COc2ccc(C=NNC(=O)COc3cccc(Cl)c3Cl)cc2)cc1. The lowest BCUT2D eigenvalue weighted by Crippen LogP contribution is -2.24. The molecule has 0 bridgehead atoms. The third-order valence-electron chi connectivity index (χ3n) is 4.08. The van der Waals surface area contributed by atoms with Crippen LogP contribution < -0.4 is 14.9 Å². The van der Waals surface area contributed by atoms with Crippen molar-refractivity contribution in [3.63, 3.8) is 0 Å². The molecule has 30 heavy (non-hydrogen) atoms. The summed E-state index contributed by atoms with van der Waals surface area (Å²) in [7, 11) is 0. The fourth-order valence-electron chi connectivity index (χ4n) is 2.45. The van der Waals surface area contributed by atoms with Crippen LogP contribution in [0.1, 0.15) is 16.7 Å². The zero-order valence-electron chi connectivity index (χ0n) is 16.3. The number of amides is 1. The van der Waals surface area contributed by atoms with Crippen molar-refractivity contribution in [2.75, 3.05) is 6.61 Å². The highest BCUT2D eigenvalue weighted by Gasteiger charge is 2.07. The molecule has 1 amide bonds. The number of halogens is 2. The average Bonchev–Trinajstić information content (AvgIpc) is 2.75. The number of benzene rings is 3. The average molecular weight is 443 g/mol. The molecular weight excluding hydrogens is 423 g/mol. The van der Waals surface area contributed by atoms with Crippen molar-refractivity contribution in [2.24, 2.45) is 5.10 Å². The van der Waals surface area contributed by atoms with Gasteiger partial charge in [-0.05, 0) is 54.4 Å². The van der Waals surface area contributed by atoms with Gasteiger partial charge in [0.15, 0.2) is 6.61 Å². The van der Waals surface area contributed by atoms with Crippen LogP contribution >= 0.6 is 23.2 Å². The zero-order chi connectivity index (χ0) is 21.3. The maximum atomic E-state index is 11.9. The highest BCUT2D eigenvalue weighted by molar-refractivity contribution is 6.42. The fraction of sp³-hybridized carbons (Fsp3) is 0.130. The van der Waals surface area contributed by atoms with Crippen LogP contribution in [0.4, 0.5) is 0 Å². The lowest BCUT2D eigenvalue weighted by atomic mass is 10.2. The van der Waals surface area contributed by atoms with Crippen molar-refractivity contribution in [3.05, 3.63) is 93.5 Å². The van der Waals surface area contributed by atoms with Crippen molar-refractivity contribution in [1.82, 2.24) is 5.43 Å². The van der Waals surface area contributed by atoms with Gasteiger partial charge in [0.1, 0.15) is 23.1 Å². The Morgan fingerprint density at radius 3 is 2.47 bits per heavy atom. The van der Waals surface area contributed by atoms with Gasteiger partial charge in [-0.2, -0.15) is 5.10 Å². The van der Waals surface area contributed by atoms with Gasteiger partial charge in [0, 0.05) is 0 Å². The van der Waals surface area contributed by atoms with Gasteiger partial charge < -0.3 is 9.47 Å². The summed E-state index contributed by atoms with van der Waals surface area (Å²) in [5.41, 5.74) is 5.54. The molecule has 3 rings (SSSR count). The number of carbonyl (C=O) groups is 1. The Bertz CT molecular complexity index is 1020. The summed E-state index contributed by atoms with van der Waals surface area (Å²) in [4.78, 5) is 11.9. The number of aryl methyl sites for hydroxylation is 1. The van der Waals surface area contributed by atoms with E-state index in [0.717, 1.165) is 16.9 Å². The Balaban J connectivity index is 1.43. The van der Waals surface area contributed by atoms with Gasteiger partial charge in [-0.3, -0.25) is 4.79 Å². The quantitative estimate of drug-likeness (QED) is 0.374. The normalized spacial score (nSPS) is 10.8. The van der Waals surface area contributed by atoms with Crippen molar-refractivity contribution in [3.8, 4) is 11.5 Å². The van der Waals surface area contributed by atoms with E-state index in [1.54, 1.807) is 18.2 Å². The predicted molar refractivity (Wildman–Crippen MR) is 120 cm³/mol. The van der Waals surface area contributed by atoms with Gasteiger partial charge in [0.2, 0.25) is 0 Å². The lowest BCUT2D eigenvalue weighted by molar-refractivity contribution is -0.123. The first-order valence-corrected chi connectivity index (χ1v) is 9.94. The molecule has 0 radical (unpaired) electrons. The first-order valence-electron chi connectivity index (χ1n) is 9.18. The molecule has 0 aliphatic carbocycles. The number of ether oxygens (including phenoxy) is 2. The second-order valence-electron chi connectivity index (χ2n) is 6.48. The maximum Gasteiger partial charge on any atom is 0.277 e. The van der Waals surface area contributed by atoms with Crippen LogP contribution in [-0.4, -0.2) is 18.7 Å². The minimum Gasteiger partial charge on any atom is -0.489 e. The van der Waals surface area contributed by atoms with Crippen LogP contribution in [0.15, 0.2) is 71.8 Å². The molecule has 0 saturated carbocycles. The molecule has 0 aromatic heterocycles. The van der Waals surface area contributed by atoms with Gasteiger partial charge in [-0.25, -0.2) is 5.43 Å². The van der Waals surface area contributed by atoms with E-state index in [1.165, 1.54) is 11.8 Å². The third-order valence-corrected chi connectivity index (χ3v) is 4.89. The van der Waals surface area contributed by atoms with Crippen LogP contribution in [0.5, 0.6) is 11.5 Å². The first kappa shape index (κ1) is 21.7. The number of hydrogen-bond donors (Lipinski definition) is 1. The summed E-state index contributed by atoms with van der Waals surface area (Å²) in [5, 5.41) is 4.54. The summed E-state index contributed by atoms with van der Waals surface area (Å²) in [6.07, 6.45) is 1.54. The van der Waals surface area contributed by atoms with Gasteiger partial charge in [0.05, 0.1) is 11.2 Å². The monoisotopic (exact) mass is 442 g/mol. The molecule has 3 aromatic carbocycles. The highest BCUT2D eigenvalue weighted by atomic mass is 35.5. The standard InChI is InChI=1S/C23H20Cl2N2O3/c1-16-5-7-18(8-6-16)14-29-19-11-9-17(10-12-19)13-26-27-22(28)15-30-21-4-2-3-20(24)23(21)25/h2-13H,14-15H2,1H3,(H,27,28). The van der Waals surface area contributed by atoms with Crippen LogP contribution in [0, 0.1) is 6.92 Å². The Kier molecular flexibility index (Phi) is 7.71. The zero-order valence-corrected chi connectivity index (χ0v) is 17.8. The van der Waals surface area contributed by atoms with E-state index < -0.39 is 5.91 Å². The van der Waals surface area contributed by atoms with Crippen LogP contribution in [0.2, 0.25) is 10.0 Å². The molecular formula is C23H20Cl2N2O3. The molecule has 3 aromatic rings. The maximum absolute atomic E-state index is 11.9. The summed E-state index contributed by atoms with van der Waals surface area (Å²) in [6, 6.07) is 20.6. The van der Waals surface area contributed by atoms with Crippen molar-refractivity contribution < 1.29 is 14.3 Å². The second-order valence-corrected chi connectivity index (χ2v) is 7.26. The molecule has 0 heterocycles. The number of rotatable bonds is 8. The van der Waals surface area contributed by atoms with E-state index >= 15 is 0 Å². The Hall–Kier alpha value is -3.02. The molecule has 1 N–H and O–H groups in total. The minimum atomic E-state index is -0.416. The van der Waals surface area contributed by atoms with E-state index in [4.69, 9.17) is 32.7 Å². The number of nitrogens with one attached hydrogen (secondary N) is 1. The molecule has 5 nitrogen and oxygen atoms in total. The molecule has 0 aliphatic heterocycles. The third kappa shape index (κ3) is 6.51. The smallest absolute Gasteiger partial charge is 0.277 e. The highest BCUT2D eigenvalue weighted by Crippen LogP contribution is 2.31. The van der Waals surface area contributed by atoms with E-state index in [9.17, 15) is 4.79 Å². The Morgan fingerprint density at radius 1 is 1.00 bits per heavy atom. The number of hydrazone groups is 1. The predicted octanol–water partition coefficient (Wildman–Crippen LogP) is 5.41. The van der Waals surface area contributed by atoms with Crippen LogP contribution in [0.3, 0.4) is 0 Å². The molecule has 0 saturated heterocycles. The van der Waals surface area contributed by atoms with Crippen LogP contribution in [-0.2, 0) is 11.4 Å². The van der Waals surface area contributed by atoms with Gasteiger partial charge in [0.25, 0.3) is 5.91 Å². The largest absolute Gasteiger partial charge is 0.489 e. The van der Waals surface area contributed by atoms with Gasteiger partial charge >= 0.3 is 0 Å². The number of hydrogen-bond acceptors (Lipinski definition) is 4. The van der Waals surface area contributed by atoms with Gasteiger partial charge in [-0.15, -0.1) is 0 Å². The first-order chi connectivity index (χ1) is 14.5. The van der Waals surface area contributed by atoms with Crippen molar-refractivity contribution >= 4 is 35.3 Å². The lowest BCUT2D eigenvalue weighted by Gasteiger charge is -2.07. The van der Waals surface area contributed by atoms with E-state index in [1.807, 2.05) is 36.4 Å². The topological polar surface area (TPSA) is 59.9 Å². The molecule has 7 heteroatoms.